The Morgan fingerprint density at radius 3 is 2.74 bits per heavy atom. The summed E-state index contributed by atoms with van der Waals surface area (Å²) < 4.78 is 0. The van der Waals surface area contributed by atoms with Crippen molar-refractivity contribution < 1.29 is 4.79 Å². The number of nitrogen functional groups attached to an aromatic ring is 1. The van der Waals surface area contributed by atoms with Crippen LogP contribution in [0.2, 0.25) is 5.02 Å². The first kappa shape index (κ1) is 13.3. The van der Waals surface area contributed by atoms with Gasteiger partial charge in [-0.2, -0.15) is 4.98 Å². The highest BCUT2D eigenvalue weighted by Crippen LogP contribution is 2.21. The number of rotatable bonds is 3. The maximum Gasteiger partial charge on any atom is 0.231 e. The fraction of sp³-hybridized carbons (Fsp3) is 0.154. The first-order chi connectivity index (χ1) is 9.06. The molecule has 3 N–H and O–H groups in total. The number of nitrogens with one attached hydrogen (secondary N) is 1. The number of halogens is 1. The van der Waals surface area contributed by atoms with E-state index in [4.69, 9.17) is 17.3 Å². The number of nitrogens with two attached hydrogens (primary N) is 1. The van der Waals surface area contributed by atoms with Gasteiger partial charge in [-0.3, -0.25) is 10.1 Å². The number of carbonyl (C=O) groups is 1. The number of nitrogens with zero attached hydrogens (tertiary/aromatic N) is 2. The van der Waals surface area contributed by atoms with Gasteiger partial charge in [0.15, 0.2) is 0 Å². The van der Waals surface area contributed by atoms with Crippen LogP contribution in [0.5, 0.6) is 0 Å². The Labute approximate surface area is 115 Å². The van der Waals surface area contributed by atoms with Crippen LogP contribution < -0.4 is 11.1 Å². The Morgan fingerprint density at radius 1 is 1.37 bits per heavy atom. The molecule has 0 radical (unpaired) electrons. The van der Waals surface area contributed by atoms with Gasteiger partial charge in [-0.15, -0.1) is 0 Å². The fourth-order valence-corrected chi connectivity index (χ4v) is 1.82. The van der Waals surface area contributed by atoms with Gasteiger partial charge in [-0.25, -0.2) is 4.98 Å². The lowest BCUT2D eigenvalue weighted by Gasteiger charge is -2.08. The maximum absolute atomic E-state index is 10.9. The van der Waals surface area contributed by atoms with E-state index in [1.165, 1.54) is 6.92 Å². The van der Waals surface area contributed by atoms with E-state index in [-0.39, 0.29) is 11.9 Å². The molecule has 19 heavy (non-hydrogen) atoms. The van der Waals surface area contributed by atoms with Gasteiger partial charge < -0.3 is 5.73 Å². The zero-order valence-electron chi connectivity index (χ0n) is 10.4. The molecule has 0 aliphatic carbocycles. The maximum atomic E-state index is 10.9. The van der Waals surface area contributed by atoms with Crippen molar-refractivity contribution in [3.63, 3.8) is 0 Å². The lowest BCUT2D eigenvalue weighted by atomic mass is 10.1. The largest absolute Gasteiger partial charge is 0.383 e. The Morgan fingerprint density at radius 2 is 2.11 bits per heavy atom. The molecule has 5 nitrogen and oxygen atoms in total. The van der Waals surface area contributed by atoms with Crippen molar-refractivity contribution in [1.82, 2.24) is 9.97 Å². The number of anilines is 2. The molecule has 1 aromatic carbocycles. The van der Waals surface area contributed by atoms with Gasteiger partial charge in [-0.1, -0.05) is 29.8 Å². The van der Waals surface area contributed by atoms with E-state index in [2.05, 4.69) is 15.3 Å². The molecule has 1 aromatic heterocycles. The topological polar surface area (TPSA) is 80.9 Å². The zero-order valence-corrected chi connectivity index (χ0v) is 11.1. The summed E-state index contributed by atoms with van der Waals surface area (Å²) in [5, 5.41) is 3.15. The van der Waals surface area contributed by atoms with E-state index >= 15 is 0 Å². The number of hydrogen-bond donors (Lipinski definition) is 2. The van der Waals surface area contributed by atoms with Crippen molar-refractivity contribution >= 4 is 29.3 Å². The number of aromatic nitrogens is 2. The van der Waals surface area contributed by atoms with Crippen LogP contribution in [0.1, 0.15) is 18.1 Å². The number of carbonyl (C=O) groups excluding carboxylic acids is 1. The summed E-state index contributed by atoms with van der Waals surface area (Å²) in [7, 11) is 0. The highest BCUT2D eigenvalue weighted by molar-refractivity contribution is 6.31. The summed E-state index contributed by atoms with van der Waals surface area (Å²) in [6.07, 6.45) is 2.14. The van der Waals surface area contributed by atoms with Gasteiger partial charge in [0.1, 0.15) is 5.82 Å². The summed E-state index contributed by atoms with van der Waals surface area (Å²) >= 11 is 6.09. The van der Waals surface area contributed by atoms with Crippen molar-refractivity contribution in [2.75, 3.05) is 11.1 Å². The summed E-state index contributed by atoms with van der Waals surface area (Å²) in [6.45, 7) is 1.39. The minimum Gasteiger partial charge on any atom is -0.383 e. The molecule has 0 saturated carbocycles. The minimum absolute atomic E-state index is 0.202. The van der Waals surface area contributed by atoms with Gasteiger partial charge in [0.2, 0.25) is 11.9 Å². The lowest BCUT2D eigenvalue weighted by Crippen LogP contribution is -2.11. The standard InChI is InChI=1S/C13H13ClN4O/c1-8(19)17-13-16-7-10(12(15)18-13)6-9-4-2-3-5-11(9)14/h2-5,7H,6H2,1H3,(H3,15,16,17,18,19). The van der Waals surface area contributed by atoms with E-state index in [9.17, 15) is 4.79 Å². The average molecular weight is 277 g/mol. The highest BCUT2D eigenvalue weighted by atomic mass is 35.5. The van der Waals surface area contributed by atoms with Gasteiger partial charge in [0.05, 0.1) is 0 Å². The predicted molar refractivity (Wildman–Crippen MR) is 75.0 cm³/mol. The monoisotopic (exact) mass is 276 g/mol. The second kappa shape index (κ2) is 5.67. The van der Waals surface area contributed by atoms with Crippen LogP contribution in [0, 0.1) is 0 Å². The van der Waals surface area contributed by atoms with Gasteiger partial charge in [0.25, 0.3) is 0 Å². The number of amides is 1. The fourth-order valence-electron chi connectivity index (χ4n) is 1.62. The molecule has 2 rings (SSSR count). The third-order valence-corrected chi connectivity index (χ3v) is 2.89. The molecule has 0 spiro atoms. The first-order valence-electron chi connectivity index (χ1n) is 5.68. The van der Waals surface area contributed by atoms with Gasteiger partial charge in [0, 0.05) is 30.1 Å². The Hall–Kier alpha value is -2.14. The van der Waals surface area contributed by atoms with E-state index in [0.29, 0.717) is 17.3 Å². The van der Waals surface area contributed by atoms with Crippen LogP contribution in [-0.2, 0) is 11.2 Å². The number of hydrogen-bond acceptors (Lipinski definition) is 4. The molecule has 98 valence electrons. The Kier molecular flexibility index (Phi) is 3.97. The molecule has 0 saturated heterocycles. The lowest BCUT2D eigenvalue weighted by molar-refractivity contribution is -0.114. The van der Waals surface area contributed by atoms with Crippen LogP contribution in [0.15, 0.2) is 30.5 Å². The molecular formula is C13H13ClN4O. The third-order valence-electron chi connectivity index (χ3n) is 2.52. The predicted octanol–water partition coefficient (Wildman–Crippen LogP) is 2.26. The molecule has 0 aliphatic heterocycles. The summed E-state index contributed by atoms with van der Waals surface area (Å²) in [5.41, 5.74) is 7.57. The Balaban J connectivity index is 2.22. The van der Waals surface area contributed by atoms with Crippen molar-refractivity contribution in [2.24, 2.45) is 0 Å². The summed E-state index contributed by atoms with van der Waals surface area (Å²) in [4.78, 5) is 19.0. The van der Waals surface area contributed by atoms with Crippen molar-refractivity contribution in [1.29, 1.82) is 0 Å². The van der Waals surface area contributed by atoms with E-state index < -0.39 is 0 Å². The number of benzene rings is 1. The van der Waals surface area contributed by atoms with E-state index in [1.807, 2.05) is 24.3 Å². The quantitative estimate of drug-likeness (QED) is 0.901. The molecular weight excluding hydrogens is 264 g/mol. The van der Waals surface area contributed by atoms with Crippen molar-refractivity contribution in [2.45, 2.75) is 13.3 Å². The molecule has 2 aromatic rings. The molecule has 1 heterocycles. The molecule has 0 atom stereocenters. The molecule has 0 fully saturated rings. The van der Waals surface area contributed by atoms with Crippen LogP contribution in [0.25, 0.3) is 0 Å². The van der Waals surface area contributed by atoms with E-state index in [0.717, 1.165) is 11.1 Å². The minimum atomic E-state index is -0.238. The first-order valence-corrected chi connectivity index (χ1v) is 6.06. The zero-order chi connectivity index (χ0) is 13.8. The molecule has 0 bridgehead atoms. The average Bonchev–Trinajstić information content (AvgIpc) is 2.34. The molecule has 0 unspecified atom stereocenters. The van der Waals surface area contributed by atoms with Crippen LogP contribution in [0.4, 0.5) is 11.8 Å². The van der Waals surface area contributed by atoms with Crippen molar-refractivity contribution in [3.05, 3.63) is 46.6 Å². The Bertz CT molecular complexity index is 615. The third kappa shape index (κ3) is 3.42. The molecule has 6 heteroatoms. The van der Waals surface area contributed by atoms with Gasteiger partial charge >= 0.3 is 0 Å². The van der Waals surface area contributed by atoms with Crippen LogP contribution >= 0.6 is 11.6 Å². The second-order valence-electron chi connectivity index (χ2n) is 4.05. The normalized spacial score (nSPS) is 10.2. The summed E-state index contributed by atoms with van der Waals surface area (Å²) in [6, 6.07) is 7.51. The van der Waals surface area contributed by atoms with Crippen LogP contribution in [0.3, 0.4) is 0 Å². The molecule has 0 aliphatic rings. The molecule has 1 amide bonds. The van der Waals surface area contributed by atoms with Crippen LogP contribution in [-0.4, -0.2) is 15.9 Å². The van der Waals surface area contributed by atoms with Gasteiger partial charge in [-0.05, 0) is 11.6 Å². The van der Waals surface area contributed by atoms with E-state index in [1.54, 1.807) is 6.20 Å². The smallest absolute Gasteiger partial charge is 0.231 e. The highest BCUT2D eigenvalue weighted by Gasteiger charge is 2.08. The SMILES string of the molecule is CC(=O)Nc1ncc(Cc2ccccc2Cl)c(N)n1. The summed E-state index contributed by atoms with van der Waals surface area (Å²) in [5.74, 6) is 0.296. The van der Waals surface area contributed by atoms with Crippen molar-refractivity contribution in [3.8, 4) is 0 Å². The second-order valence-corrected chi connectivity index (χ2v) is 4.46.